The average molecular weight is 329 g/mol. The maximum absolute atomic E-state index is 5.59. The third-order valence-corrected chi connectivity index (χ3v) is 4.59. The molecule has 0 amide bonds. The molecule has 0 aliphatic carbocycles. The molecule has 1 saturated heterocycles. The Balaban J connectivity index is 1.43. The van der Waals surface area contributed by atoms with E-state index in [9.17, 15) is 0 Å². The summed E-state index contributed by atoms with van der Waals surface area (Å²) in [6.07, 6.45) is 4.10. The molecule has 118 valence electrons. The van der Waals surface area contributed by atoms with Crippen molar-refractivity contribution in [3.05, 3.63) is 30.6 Å². The van der Waals surface area contributed by atoms with Gasteiger partial charge in [-0.25, -0.2) is 4.68 Å². The van der Waals surface area contributed by atoms with Gasteiger partial charge in [-0.2, -0.15) is 0 Å². The third-order valence-electron chi connectivity index (χ3n) is 3.66. The van der Waals surface area contributed by atoms with E-state index in [2.05, 4.69) is 31.0 Å². The van der Waals surface area contributed by atoms with Crippen molar-refractivity contribution >= 4 is 16.5 Å². The van der Waals surface area contributed by atoms with Crippen molar-refractivity contribution in [3.8, 4) is 16.3 Å². The lowest BCUT2D eigenvalue weighted by molar-refractivity contribution is 0.120. The number of nitrogens with zero attached hydrogens (tertiary/aromatic N) is 6. The lowest BCUT2D eigenvalue weighted by Gasteiger charge is -2.08. The van der Waals surface area contributed by atoms with Gasteiger partial charge in [0, 0.05) is 18.7 Å². The Morgan fingerprint density at radius 3 is 2.91 bits per heavy atom. The second-order valence-corrected chi connectivity index (χ2v) is 6.21. The number of nitrogens with one attached hydrogen (secondary N) is 1. The highest BCUT2D eigenvalue weighted by atomic mass is 32.1. The van der Waals surface area contributed by atoms with Crippen molar-refractivity contribution in [2.75, 3.05) is 18.5 Å². The van der Waals surface area contributed by atoms with Crippen molar-refractivity contribution in [1.29, 1.82) is 0 Å². The normalized spacial score (nSPS) is 17.5. The predicted molar refractivity (Wildman–Crippen MR) is 85.5 cm³/mol. The zero-order valence-corrected chi connectivity index (χ0v) is 13.1. The molecule has 1 aliphatic heterocycles. The topological polar surface area (TPSA) is 90.6 Å². The van der Waals surface area contributed by atoms with Crippen LogP contribution in [0, 0.1) is 0 Å². The summed E-state index contributed by atoms with van der Waals surface area (Å²) >= 11 is 1.54. The van der Waals surface area contributed by atoms with E-state index >= 15 is 0 Å². The quantitative estimate of drug-likeness (QED) is 0.763. The second kappa shape index (κ2) is 6.39. The molecule has 3 aromatic rings. The summed E-state index contributed by atoms with van der Waals surface area (Å²) in [5, 5.41) is 24.6. The predicted octanol–water partition coefficient (Wildman–Crippen LogP) is 1.77. The molecule has 9 heteroatoms. The molecule has 0 spiro atoms. The summed E-state index contributed by atoms with van der Waals surface area (Å²) in [5.41, 5.74) is 1.92. The first-order chi connectivity index (χ1) is 11.4. The van der Waals surface area contributed by atoms with Gasteiger partial charge in [-0.15, -0.1) is 15.3 Å². The maximum Gasteiger partial charge on any atom is 0.206 e. The van der Waals surface area contributed by atoms with Gasteiger partial charge >= 0.3 is 0 Å². The van der Waals surface area contributed by atoms with Crippen molar-refractivity contribution < 1.29 is 4.74 Å². The number of benzene rings is 1. The zero-order chi connectivity index (χ0) is 15.5. The highest BCUT2D eigenvalue weighted by Crippen LogP contribution is 2.27. The Labute approximate surface area is 136 Å². The number of aromatic nitrogens is 6. The second-order valence-electron chi connectivity index (χ2n) is 5.23. The average Bonchev–Trinajstić information content (AvgIpc) is 3.35. The van der Waals surface area contributed by atoms with Crippen molar-refractivity contribution in [3.63, 3.8) is 0 Å². The standard InChI is InChI=1S/C14H15N7OS/c1-2-12(22-7-1)8-15-14-18-17-13(23-14)10-3-5-11(6-4-10)21-9-16-19-20-21/h3-6,9,12H,1-2,7-8H2,(H,15,18)/t12-/m0/s1. The van der Waals surface area contributed by atoms with Gasteiger partial charge in [0.05, 0.1) is 11.8 Å². The number of rotatable bonds is 5. The van der Waals surface area contributed by atoms with E-state index in [1.165, 1.54) is 11.3 Å². The largest absolute Gasteiger partial charge is 0.376 e. The fourth-order valence-corrected chi connectivity index (χ4v) is 3.21. The zero-order valence-electron chi connectivity index (χ0n) is 12.3. The molecule has 4 rings (SSSR count). The smallest absolute Gasteiger partial charge is 0.206 e. The minimum atomic E-state index is 0.290. The molecule has 1 atom stereocenters. The first kappa shape index (κ1) is 14.2. The van der Waals surface area contributed by atoms with Crippen molar-refractivity contribution in [2.45, 2.75) is 18.9 Å². The van der Waals surface area contributed by atoms with Crippen LogP contribution in [0.3, 0.4) is 0 Å². The minimum Gasteiger partial charge on any atom is -0.376 e. The summed E-state index contributed by atoms with van der Waals surface area (Å²) in [5.74, 6) is 0. The number of hydrogen-bond acceptors (Lipinski definition) is 8. The third kappa shape index (κ3) is 3.20. The van der Waals surface area contributed by atoms with Gasteiger partial charge in [0.1, 0.15) is 11.3 Å². The summed E-state index contributed by atoms with van der Waals surface area (Å²) in [7, 11) is 0. The van der Waals surface area contributed by atoms with E-state index in [4.69, 9.17) is 4.74 Å². The molecular formula is C14H15N7OS. The molecule has 0 radical (unpaired) electrons. The fraction of sp³-hybridized carbons (Fsp3) is 0.357. The number of hydrogen-bond donors (Lipinski definition) is 1. The summed E-state index contributed by atoms with van der Waals surface area (Å²) < 4.78 is 7.20. The lowest BCUT2D eigenvalue weighted by atomic mass is 10.2. The van der Waals surface area contributed by atoms with Gasteiger partial charge in [-0.3, -0.25) is 0 Å². The molecule has 23 heavy (non-hydrogen) atoms. The minimum absolute atomic E-state index is 0.290. The molecule has 1 N–H and O–H groups in total. The van der Waals surface area contributed by atoms with Gasteiger partial charge in [0.15, 0.2) is 0 Å². The van der Waals surface area contributed by atoms with Crippen LogP contribution < -0.4 is 5.32 Å². The van der Waals surface area contributed by atoms with E-state index in [0.717, 1.165) is 47.4 Å². The first-order valence-electron chi connectivity index (χ1n) is 7.41. The lowest BCUT2D eigenvalue weighted by Crippen LogP contribution is -2.18. The molecule has 0 bridgehead atoms. The fourth-order valence-electron chi connectivity index (χ4n) is 2.45. The molecule has 1 fully saturated rings. The van der Waals surface area contributed by atoms with Crippen LogP contribution in [0.15, 0.2) is 30.6 Å². The van der Waals surface area contributed by atoms with E-state index in [0.29, 0.717) is 0 Å². The SMILES string of the molecule is c1cc(-n2cnnn2)ccc1-c1nnc(NC[C@@H]2CCCO2)s1. The van der Waals surface area contributed by atoms with Crippen LogP contribution in [0.5, 0.6) is 0 Å². The Hall–Kier alpha value is -2.39. The molecule has 1 aliphatic rings. The van der Waals surface area contributed by atoms with Crippen molar-refractivity contribution in [1.82, 2.24) is 30.4 Å². The molecule has 3 heterocycles. The van der Waals surface area contributed by atoms with Gasteiger partial charge in [-0.05, 0) is 47.5 Å². The van der Waals surface area contributed by atoms with Crippen LogP contribution in [0.25, 0.3) is 16.3 Å². The van der Waals surface area contributed by atoms with Gasteiger partial charge in [0.2, 0.25) is 5.13 Å². The van der Waals surface area contributed by atoms with Crippen LogP contribution >= 0.6 is 11.3 Å². The molecule has 2 aromatic heterocycles. The molecule has 0 saturated carbocycles. The van der Waals surface area contributed by atoms with Crippen molar-refractivity contribution in [2.24, 2.45) is 0 Å². The summed E-state index contributed by atoms with van der Waals surface area (Å²) in [6.45, 7) is 1.65. The Morgan fingerprint density at radius 1 is 1.26 bits per heavy atom. The van der Waals surface area contributed by atoms with Crippen LogP contribution in [0.1, 0.15) is 12.8 Å². The highest BCUT2D eigenvalue weighted by molar-refractivity contribution is 7.18. The van der Waals surface area contributed by atoms with Gasteiger partial charge < -0.3 is 10.1 Å². The van der Waals surface area contributed by atoms with Crippen LogP contribution in [-0.2, 0) is 4.74 Å². The highest BCUT2D eigenvalue weighted by Gasteiger charge is 2.16. The van der Waals surface area contributed by atoms with Gasteiger partial charge in [0.25, 0.3) is 0 Å². The molecule has 8 nitrogen and oxygen atoms in total. The van der Waals surface area contributed by atoms with E-state index < -0.39 is 0 Å². The first-order valence-corrected chi connectivity index (χ1v) is 8.23. The molecule has 0 unspecified atom stereocenters. The van der Waals surface area contributed by atoms with E-state index in [1.807, 2.05) is 24.3 Å². The number of ether oxygens (including phenoxy) is 1. The maximum atomic E-state index is 5.59. The number of tetrazole rings is 1. The molecular weight excluding hydrogens is 314 g/mol. The Bertz CT molecular complexity index is 750. The summed E-state index contributed by atoms with van der Waals surface area (Å²) in [6, 6.07) is 7.88. The monoisotopic (exact) mass is 329 g/mol. The van der Waals surface area contributed by atoms with Crippen LogP contribution in [0.4, 0.5) is 5.13 Å². The van der Waals surface area contributed by atoms with Crippen LogP contribution in [-0.4, -0.2) is 49.7 Å². The number of anilines is 1. The summed E-state index contributed by atoms with van der Waals surface area (Å²) in [4.78, 5) is 0. The molecule has 1 aromatic carbocycles. The van der Waals surface area contributed by atoms with E-state index in [1.54, 1.807) is 11.0 Å². The van der Waals surface area contributed by atoms with E-state index in [-0.39, 0.29) is 6.10 Å². The van der Waals surface area contributed by atoms with Gasteiger partial charge in [-0.1, -0.05) is 11.3 Å². The Kier molecular flexibility index (Phi) is 3.95. The van der Waals surface area contributed by atoms with Crippen LogP contribution in [0.2, 0.25) is 0 Å². The Morgan fingerprint density at radius 2 is 2.17 bits per heavy atom.